The van der Waals surface area contributed by atoms with E-state index >= 15 is 0 Å². The number of rotatable bonds is 2. The number of hydrogen-bond acceptors (Lipinski definition) is 3. The quantitative estimate of drug-likeness (QED) is 0.858. The highest BCUT2D eigenvalue weighted by Gasteiger charge is 2.27. The Morgan fingerprint density at radius 1 is 1.25 bits per heavy atom. The molecular weight excluding hydrogens is 272 g/mol. The van der Waals surface area contributed by atoms with Gasteiger partial charge in [0.1, 0.15) is 5.76 Å². The Kier molecular flexibility index (Phi) is 3.70. The first kappa shape index (κ1) is 13.5. The summed E-state index contributed by atoms with van der Waals surface area (Å²) in [6.07, 6.45) is 4.76. The normalized spacial score (nSPS) is 22.9. The van der Waals surface area contributed by atoms with E-state index in [1.165, 1.54) is 12.8 Å². The number of nitrogens with zero attached hydrogens (tertiary/aromatic N) is 1. The summed E-state index contributed by atoms with van der Waals surface area (Å²) >= 11 is 6.08. The molecule has 1 saturated carbocycles. The van der Waals surface area contributed by atoms with Crippen molar-refractivity contribution in [2.24, 2.45) is 5.92 Å². The fourth-order valence-corrected chi connectivity index (χ4v) is 3.24. The summed E-state index contributed by atoms with van der Waals surface area (Å²) in [5, 5.41) is 4.68. The van der Waals surface area contributed by atoms with E-state index in [1.54, 1.807) is 0 Å². The number of aromatic nitrogens is 1. The van der Waals surface area contributed by atoms with Crippen molar-refractivity contribution in [1.29, 1.82) is 0 Å². The van der Waals surface area contributed by atoms with Crippen molar-refractivity contribution in [2.45, 2.75) is 38.5 Å². The number of halogens is 1. The molecule has 3 rings (SSSR count). The number of nitrogen functional groups attached to an aromatic ring is 1. The minimum absolute atomic E-state index is 0.421. The SMILES string of the molecule is CC1CCC(c2onc(N)c2-c2cccc(Cl)c2)CC1. The predicted molar refractivity (Wildman–Crippen MR) is 81.7 cm³/mol. The first-order valence-corrected chi connectivity index (χ1v) is 7.54. The van der Waals surface area contributed by atoms with Crippen LogP contribution in [0.3, 0.4) is 0 Å². The van der Waals surface area contributed by atoms with Crippen LogP contribution in [0.2, 0.25) is 5.02 Å². The second kappa shape index (κ2) is 5.49. The molecule has 0 amide bonds. The molecule has 106 valence electrons. The highest BCUT2D eigenvalue weighted by atomic mass is 35.5. The van der Waals surface area contributed by atoms with E-state index in [0.717, 1.165) is 35.6 Å². The molecule has 0 radical (unpaired) electrons. The zero-order chi connectivity index (χ0) is 14.1. The molecule has 2 N–H and O–H groups in total. The van der Waals surface area contributed by atoms with E-state index in [0.29, 0.717) is 16.8 Å². The van der Waals surface area contributed by atoms with Crippen LogP contribution in [0.5, 0.6) is 0 Å². The number of hydrogen-bond donors (Lipinski definition) is 1. The molecule has 1 aromatic carbocycles. The third kappa shape index (κ3) is 2.55. The van der Waals surface area contributed by atoms with Crippen LogP contribution in [0.25, 0.3) is 11.1 Å². The van der Waals surface area contributed by atoms with Crippen molar-refractivity contribution in [2.75, 3.05) is 5.73 Å². The monoisotopic (exact) mass is 290 g/mol. The van der Waals surface area contributed by atoms with Gasteiger partial charge in [0, 0.05) is 10.9 Å². The molecule has 0 unspecified atom stereocenters. The predicted octanol–water partition coefficient (Wildman–Crippen LogP) is 4.87. The zero-order valence-corrected chi connectivity index (χ0v) is 12.4. The fraction of sp³-hybridized carbons (Fsp3) is 0.438. The molecule has 0 atom stereocenters. The van der Waals surface area contributed by atoms with Gasteiger partial charge in [-0.15, -0.1) is 0 Å². The molecule has 20 heavy (non-hydrogen) atoms. The van der Waals surface area contributed by atoms with Crippen LogP contribution in [-0.4, -0.2) is 5.16 Å². The Morgan fingerprint density at radius 3 is 2.70 bits per heavy atom. The lowest BCUT2D eigenvalue weighted by Gasteiger charge is -2.24. The lowest BCUT2D eigenvalue weighted by atomic mass is 9.80. The molecular formula is C16H19ClN2O. The van der Waals surface area contributed by atoms with Gasteiger partial charge >= 0.3 is 0 Å². The summed E-state index contributed by atoms with van der Waals surface area (Å²) in [7, 11) is 0. The van der Waals surface area contributed by atoms with Crippen LogP contribution in [0.15, 0.2) is 28.8 Å². The molecule has 0 bridgehead atoms. The van der Waals surface area contributed by atoms with Crippen molar-refractivity contribution >= 4 is 17.4 Å². The Labute approximate surface area is 124 Å². The standard InChI is InChI=1S/C16H19ClN2O/c1-10-5-7-11(8-6-10)15-14(16(18)19-20-15)12-3-2-4-13(17)9-12/h2-4,9-11H,5-8H2,1H3,(H2,18,19). The maximum absolute atomic E-state index is 6.08. The van der Waals surface area contributed by atoms with Crippen LogP contribution in [0, 0.1) is 5.92 Å². The lowest BCUT2D eigenvalue weighted by Crippen LogP contribution is -2.11. The summed E-state index contributed by atoms with van der Waals surface area (Å²) < 4.78 is 5.55. The van der Waals surface area contributed by atoms with Gasteiger partial charge in [-0.3, -0.25) is 0 Å². The highest BCUT2D eigenvalue weighted by Crippen LogP contribution is 2.42. The fourth-order valence-electron chi connectivity index (χ4n) is 3.05. The van der Waals surface area contributed by atoms with E-state index in [4.69, 9.17) is 21.9 Å². The van der Waals surface area contributed by atoms with Crippen LogP contribution in [-0.2, 0) is 0 Å². The summed E-state index contributed by atoms with van der Waals surface area (Å²) in [6.45, 7) is 2.31. The van der Waals surface area contributed by atoms with E-state index in [1.807, 2.05) is 24.3 Å². The molecule has 1 heterocycles. The number of nitrogens with two attached hydrogens (primary N) is 1. The van der Waals surface area contributed by atoms with Crippen LogP contribution < -0.4 is 5.73 Å². The van der Waals surface area contributed by atoms with Crippen molar-refractivity contribution in [3.05, 3.63) is 35.0 Å². The van der Waals surface area contributed by atoms with Gasteiger partial charge in [-0.1, -0.05) is 48.7 Å². The molecule has 1 aromatic heterocycles. The van der Waals surface area contributed by atoms with Crippen LogP contribution in [0.4, 0.5) is 5.82 Å². The van der Waals surface area contributed by atoms with Crippen molar-refractivity contribution in [3.8, 4) is 11.1 Å². The molecule has 0 saturated heterocycles. The molecule has 2 aromatic rings. The van der Waals surface area contributed by atoms with Crippen LogP contribution in [0.1, 0.15) is 44.3 Å². The molecule has 3 nitrogen and oxygen atoms in total. The highest BCUT2D eigenvalue weighted by molar-refractivity contribution is 6.30. The Bertz CT molecular complexity index is 600. The van der Waals surface area contributed by atoms with E-state index in [9.17, 15) is 0 Å². The Hall–Kier alpha value is -1.48. The van der Waals surface area contributed by atoms with Gasteiger partial charge < -0.3 is 10.3 Å². The minimum atomic E-state index is 0.421. The van der Waals surface area contributed by atoms with E-state index < -0.39 is 0 Å². The van der Waals surface area contributed by atoms with E-state index in [-0.39, 0.29) is 0 Å². The van der Waals surface area contributed by atoms with Gasteiger partial charge in [0.15, 0.2) is 5.82 Å². The summed E-state index contributed by atoms with van der Waals surface area (Å²) in [5.74, 6) is 2.61. The molecule has 1 fully saturated rings. The van der Waals surface area contributed by atoms with Gasteiger partial charge in [0.05, 0.1) is 5.56 Å². The van der Waals surface area contributed by atoms with Crippen molar-refractivity contribution < 1.29 is 4.52 Å². The lowest BCUT2D eigenvalue weighted by molar-refractivity contribution is 0.289. The van der Waals surface area contributed by atoms with Gasteiger partial charge in [0.2, 0.25) is 0 Å². The van der Waals surface area contributed by atoms with Gasteiger partial charge in [-0.25, -0.2) is 0 Å². The zero-order valence-electron chi connectivity index (χ0n) is 11.6. The second-order valence-corrected chi connectivity index (χ2v) is 6.21. The van der Waals surface area contributed by atoms with Crippen molar-refractivity contribution in [1.82, 2.24) is 5.16 Å². The molecule has 1 aliphatic carbocycles. The Balaban J connectivity index is 1.97. The second-order valence-electron chi connectivity index (χ2n) is 5.77. The minimum Gasteiger partial charge on any atom is -0.380 e. The Morgan fingerprint density at radius 2 is 2.00 bits per heavy atom. The van der Waals surface area contributed by atoms with Crippen molar-refractivity contribution in [3.63, 3.8) is 0 Å². The summed E-state index contributed by atoms with van der Waals surface area (Å²) in [6, 6.07) is 7.71. The summed E-state index contributed by atoms with van der Waals surface area (Å²) in [5.41, 5.74) is 7.92. The molecule has 1 aliphatic rings. The van der Waals surface area contributed by atoms with E-state index in [2.05, 4.69) is 12.1 Å². The summed E-state index contributed by atoms with van der Waals surface area (Å²) in [4.78, 5) is 0. The van der Waals surface area contributed by atoms with Crippen LogP contribution >= 0.6 is 11.6 Å². The topological polar surface area (TPSA) is 52.0 Å². The number of anilines is 1. The van der Waals surface area contributed by atoms with Gasteiger partial charge in [0.25, 0.3) is 0 Å². The first-order valence-electron chi connectivity index (χ1n) is 7.16. The smallest absolute Gasteiger partial charge is 0.175 e. The average molecular weight is 291 g/mol. The number of benzene rings is 1. The average Bonchev–Trinajstić information content (AvgIpc) is 2.81. The maximum Gasteiger partial charge on any atom is 0.175 e. The largest absolute Gasteiger partial charge is 0.380 e. The maximum atomic E-state index is 6.08. The molecule has 0 aliphatic heterocycles. The first-order chi connectivity index (χ1) is 9.65. The third-order valence-corrected chi connectivity index (χ3v) is 4.48. The molecule has 0 spiro atoms. The molecule has 4 heteroatoms. The van der Waals surface area contributed by atoms with Gasteiger partial charge in [-0.05, 0) is 36.5 Å². The van der Waals surface area contributed by atoms with Gasteiger partial charge in [-0.2, -0.15) is 0 Å². The third-order valence-electron chi connectivity index (χ3n) is 4.24.